The molecule has 0 aliphatic heterocycles. The number of urea groups is 1. The van der Waals surface area contributed by atoms with Gasteiger partial charge in [0.2, 0.25) is 0 Å². The second-order valence-corrected chi connectivity index (χ2v) is 6.29. The average Bonchev–Trinajstić information content (AvgIpc) is 2.99. The fraction of sp³-hybridized carbons (Fsp3) is 0.238. The lowest BCUT2D eigenvalue weighted by Gasteiger charge is -2.22. The lowest BCUT2D eigenvalue weighted by Crippen LogP contribution is -2.34. The van der Waals surface area contributed by atoms with Crippen molar-refractivity contribution in [1.82, 2.24) is 14.7 Å². The van der Waals surface area contributed by atoms with Crippen LogP contribution >= 0.6 is 0 Å². The smallest absolute Gasteiger partial charge is 0.320 e. The van der Waals surface area contributed by atoms with E-state index in [4.69, 9.17) is 0 Å². The van der Waals surface area contributed by atoms with Crippen LogP contribution in [-0.4, -0.2) is 27.3 Å². The molecule has 0 unspecified atom stereocenters. The van der Waals surface area contributed by atoms with E-state index in [-0.39, 0.29) is 6.03 Å². The molecule has 1 heterocycles. The highest BCUT2D eigenvalue weighted by Gasteiger charge is 2.15. The van der Waals surface area contributed by atoms with Gasteiger partial charge in [-0.05, 0) is 44.5 Å². The Labute approximate surface area is 154 Å². The first-order chi connectivity index (χ1) is 12.6. The molecular weight excluding hydrogens is 324 g/mol. The third-order valence-electron chi connectivity index (χ3n) is 4.27. The van der Waals surface area contributed by atoms with Gasteiger partial charge in [-0.25, -0.2) is 9.48 Å². The zero-order chi connectivity index (χ0) is 18.5. The summed E-state index contributed by atoms with van der Waals surface area (Å²) >= 11 is 0. The minimum absolute atomic E-state index is 0.120. The van der Waals surface area contributed by atoms with Gasteiger partial charge in [-0.3, -0.25) is 0 Å². The van der Waals surface area contributed by atoms with Gasteiger partial charge in [-0.2, -0.15) is 5.10 Å². The summed E-state index contributed by atoms with van der Waals surface area (Å²) in [4.78, 5) is 14.6. The molecular formula is C21H24N4O. The van der Waals surface area contributed by atoms with E-state index >= 15 is 0 Å². The fourth-order valence-corrected chi connectivity index (χ4v) is 2.96. The second-order valence-electron chi connectivity index (χ2n) is 6.29. The molecule has 0 spiro atoms. The number of nitrogens with zero attached hydrogens (tertiary/aromatic N) is 3. The summed E-state index contributed by atoms with van der Waals surface area (Å²) in [5, 5.41) is 7.58. The third-order valence-corrected chi connectivity index (χ3v) is 4.27. The van der Waals surface area contributed by atoms with E-state index in [1.165, 1.54) is 0 Å². The Kier molecular flexibility index (Phi) is 5.37. The largest absolute Gasteiger partial charge is 0.322 e. The van der Waals surface area contributed by atoms with Gasteiger partial charge in [0.15, 0.2) is 0 Å². The van der Waals surface area contributed by atoms with Crippen molar-refractivity contribution in [3.8, 4) is 5.69 Å². The van der Waals surface area contributed by atoms with Crippen LogP contribution in [0.2, 0.25) is 0 Å². The number of carbonyl (C=O) groups excluding carboxylic acids is 1. The maximum Gasteiger partial charge on any atom is 0.322 e. The van der Waals surface area contributed by atoms with Crippen LogP contribution in [0.3, 0.4) is 0 Å². The van der Waals surface area contributed by atoms with Crippen molar-refractivity contribution in [3.63, 3.8) is 0 Å². The highest BCUT2D eigenvalue weighted by molar-refractivity contribution is 5.91. The minimum atomic E-state index is -0.120. The van der Waals surface area contributed by atoms with Crippen molar-refractivity contribution in [2.45, 2.75) is 27.3 Å². The quantitative estimate of drug-likeness (QED) is 0.736. The molecule has 0 saturated carbocycles. The number of nitrogens with one attached hydrogen (secondary N) is 1. The van der Waals surface area contributed by atoms with Gasteiger partial charge in [0.05, 0.1) is 17.1 Å². The van der Waals surface area contributed by atoms with Crippen molar-refractivity contribution >= 4 is 11.7 Å². The van der Waals surface area contributed by atoms with Crippen molar-refractivity contribution in [1.29, 1.82) is 0 Å². The number of amides is 2. The number of aryl methyl sites for hydroxylation is 2. The number of para-hydroxylation sites is 2. The number of carbonyl (C=O) groups is 1. The Morgan fingerprint density at radius 2 is 1.77 bits per heavy atom. The molecule has 0 saturated heterocycles. The molecule has 2 aromatic carbocycles. The van der Waals surface area contributed by atoms with Crippen molar-refractivity contribution in [2.75, 3.05) is 11.9 Å². The molecule has 0 atom stereocenters. The molecule has 1 N–H and O–H groups in total. The molecule has 0 bridgehead atoms. The van der Waals surface area contributed by atoms with Gasteiger partial charge in [-0.15, -0.1) is 0 Å². The van der Waals surface area contributed by atoms with Crippen LogP contribution in [0.25, 0.3) is 5.69 Å². The van der Waals surface area contributed by atoms with E-state index in [1.54, 1.807) is 4.90 Å². The fourth-order valence-electron chi connectivity index (χ4n) is 2.96. The minimum Gasteiger partial charge on any atom is -0.320 e. The first kappa shape index (κ1) is 17.7. The summed E-state index contributed by atoms with van der Waals surface area (Å²) in [6, 6.07) is 19.6. The normalized spacial score (nSPS) is 10.6. The van der Waals surface area contributed by atoms with Crippen LogP contribution < -0.4 is 5.32 Å². The monoisotopic (exact) mass is 348 g/mol. The van der Waals surface area contributed by atoms with E-state index in [1.807, 2.05) is 86.1 Å². The molecule has 0 aliphatic carbocycles. The van der Waals surface area contributed by atoms with Crippen molar-refractivity contribution < 1.29 is 4.79 Å². The number of hydrogen-bond donors (Lipinski definition) is 1. The van der Waals surface area contributed by atoms with E-state index in [0.29, 0.717) is 13.1 Å². The van der Waals surface area contributed by atoms with Gasteiger partial charge in [-0.1, -0.05) is 42.5 Å². The lowest BCUT2D eigenvalue weighted by molar-refractivity contribution is 0.212. The SMILES string of the molecule is CCN(Cc1ccccc1)C(=O)Nc1ccccc1-n1nc(C)cc1C. The molecule has 5 heteroatoms. The molecule has 3 aromatic rings. The molecule has 3 rings (SSSR count). The topological polar surface area (TPSA) is 50.2 Å². The van der Waals surface area contributed by atoms with Crippen LogP contribution in [0.15, 0.2) is 60.7 Å². The Bertz CT molecular complexity index is 886. The summed E-state index contributed by atoms with van der Waals surface area (Å²) in [6.45, 7) is 7.15. The Hall–Kier alpha value is -3.08. The molecule has 0 radical (unpaired) electrons. The van der Waals surface area contributed by atoms with Crippen molar-refractivity contribution in [3.05, 3.63) is 77.6 Å². The number of rotatable bonds is 5. The Morgan fingerprint density at radius 3 is 2.42 bits per heavy atom. The second kappa shape index (κ2) is 7.87. The highest BCUT2D eigenvalue weighted by Crippen LogP contribution is 2.22. The lowest BCUT2D eigenvalue weighted by atomic mass is 10.2. The number of anilines is 1. The molecule has 26 heavy (non-hydrogen) atoms. The van der Waals surface area contributed by atoms with Crippen molar-refractivity contribution in [2.24, 2.45) is 0 Å². The zero-order valence-electron chi connectivity index (χ0n) is 15.4. The summed E-state index contributed by atoms with van der Waals surface area (Å²) in [6.07, 6.45) is 0. The van der Waals surface area contributed by atoms with Crippen LogP contribution in [0, 0.1) is 13.8 Å². The predicted octanol–water partition coefficient (Wildman–Crippen LogP) is 4.54. The number of aromatic nitrogens is 2. The molecule has 0 fully saturated rings. The van der Waals surface area contributed by atoms with Crippen LogP contribution in [0.1, 0.15) is 23.9 Å². The van der Waals surface area contributed by atoms with Crippen LogP contribution in [-0.2, 0) is 6.54 Å². The van der Waals surface area contributed by atoms with Gasteiger partial charge in [0.1, 0.15) is 0 Å². The van der Waals surface area contributed by atoms with Gasteiger partial charge in [0, 0.05) is 18.8 Å². The first-order valence-electron chi connectivity index (χ1n) is 8.81. The van der Waals surface area contributed by atoms with E-state index in [2.05, 4.69) is 10.4 Å². The highest BCUT2D eigenvalue weighted by atomic mass is 16.2. The van der Waals surface area contributed by atoms with Gasteiger partial charge in [0.25, 0.3) is 0 Å². The molecule has 134 valence electrons. The summed E-state index contributed by atoms with van der Waals surface area (Å²) < 4.78 is 1.86. The molecule has 5 nitrogen and oxygen atoms in total. The maximum atomic E-state index is 12.8. The maximum absolute atomic E-state index is 12.8. The van der Waals surface area contributed by atoms with E-state index < -0.39 is 0 Å². The van der Waals surface area contributed by atoms with Gasteiger partial charge < -0.3 is 10.2 Å². The Balaban J connectivity index is 1.82. The molecule has 0 aliphatic rings. The van der Waals surface area contributed by atoms with Crippen LogP contribution in [0.5, 0.6) is 0 Å². The average molecular weight is 348 g/mol. The molecule has 1 aromatic heterocycles. The van der Waals surface area contributed by atoms with E-state index in [0.717, 1.165) is 28.3 Å². The zero-order valence-corrected chi connectivity index (χ0v) is 15.4. The third kappa shape index (κ3) is 3.94. The molecule has 2 amide bonds. The number of hydrogen-bond acceptors (Lipinski definition) is 2. The summed E-state index contributed by atoms with van der Waals surface area (Å²) in [5.41, 5.74) is 4.69. The predicted molar refractivity (Wildman–Crippen MR) is 105 cm³/mol. The first-order valence-corrected chi connectivity index (χ1v) is 8.81. The summed E-state index contributed by atoms with van der Waals surface area (Å²) in [7, 11) is 0. The summed E-state index contributed by atoms with van der Waals surface area (Å²) in [5.74, 6) is 0. The standard InChI is InChI=1S/C21H24N4O/c1-4-24(15-18-10-6-5-7-11-18)21(26)22-19-12-8-9-13-20(19)25-17(3)14-16(2)23-25/h5-14H,4,15H2,1-3H3,(H,22,26). The van der Waals surface area contributed by atoms with E-state index in [9.17, 15) is 4.79 Å². The van der Waals surface area contributed by atoms with Gasteiger partial charge >= 0.3 is 6.03 Å². The Morgan fingerprint density at radius 1 is 1.08 bits per heavy atom. The van der Waals surface area contributed by atoms with Crippen LogP contribution in [0.4, 0.5) is 10.5 Å². The number of benzene rings is 2.